The standard InChI is InChI=1S/C14H19N5O4S3Si/c1-27(2,3)23-10(21)9-8(5-25-13-18-17-7-26-13)4-24-12-14(15,16-6-20)11(22)19(9)12/h6-7,12H,4-5,15H2,1-3H3,(H,16,20)/t12-,14+/m1/s1. The number of amides is 2. The zero-order chi connectivity index (χ0) is 19.8. The fraction of sp³-hybridized carbons (Fsp3) is 0.500. The molecule has 146 valence electrons. The van der Waals surface area contributed by atoms with Crippen molar-refractivity contribution in [3.8, 4) is 0 Å². The van der Waals surface area contributed by atoms with Gasteiger partial charge in [-0.25, -0.2) is 4.79 Å². The van der Waals surface area contributed by atoms with E-state index in [0.717, 1.165) is 9.91 Å². The molecule has 1 saturated heterocycles. The van der Waals surface area contributed by atoms with Gasteiger partial charge in [0.2, 0.25) is 20.4 Å². The molecule has 0 radical (unpaired) electrons. The lowest BCUT2D eigenvalue weighted by Crippen LogP contribution is -2.83. The number of carbonyl (C=O) groups is 3. The largest absolute Gasteiger partial charge is 0.515 e. The SMILES string of the molecule is C[Si](C)(C)OC(=O)C1=C(CSc2nncs2)CS[C@H]2N1C(=O)[C@]2(N)NC=O. The molecule has 3 heterocycles. The van der Waals surface area contributed by atoms with E-state index in [2.05, 4.69) is 15.5 Å². The highest BCUT2D eigenvalue weighted by Crippen LogP contribution is 2.45. The molecule has 3 N–H and O–H groups in total. The minimum absolute atomic E-state index is 0.233. The maximum atomic E-state index is 12.9. The summed E-state index contributed by atoms with van der Waals surface area (Å²) < 4.78 is 6.42. The van der Waals surface area contributed by atoms with Gasteiger partial charge in [-0.2, -0.15) is 0 Å². The van der Waals surface area contributed by atoms with E-state index >= 15 is 0 Å². The van der Waals surface area contributed by atoms with E-state index in [9.17, 15) is 14.4 Å². The van der Waals surface area contributed by atoms with Gasteiger partial charge in [-0.05, 0) is 25.2 Å². The van der Waals surface area contributed by atoms with Crippen molar-refractivity contribution in [1.82, 2.24) is 20.4 Å². The number of rotatable bonds is 7. The van der Waals surface area contributed by atoms with E-state index in [1.54, 1.807) is 5.51 Å². The maximum Gasteiger partial charge on any atom is 0.341 e. The minimum atomic E-state index is -2.17. The third-order valence-electron chi connectivity index (χ3n) is 3.79. The topological polar surface area (TPSA) is 128 Å². The molecule has 9 nitrogen and oxygen atoms in total. The molecular formula is C14H19N5O4S3Si. The van der Waals surface area contributed by atoms with Crippen LogP contribution in [0.2, 0.25) is 19.6 Å². The van der Waals surface area contributed by atoms with Gasteiger partial charge in [0.05, 0.1) is 0 Å². The molecule has 1 aromatic heterocycles. The molecule has 2 aliphatic rings. The highest BCUT2D eigenvalue weighted by Gasteiger charge is 2.63. The van der Waals surface area contributed by atoms with Gasteiger partial charge >= 0.3 is 5.97 Å². The summed E-state index contributed by atoms with van der Waals surface area (Å²) in [5.41, 5.74) is 7.20. The third-order valence-corrected chi connectivity index (χ3v) is 7.95. The van der Waals surface area contributed by atoms with Gasteiger partial charge in [-0.3, -0.25) is 20.2 Å². The Labute approximate surface area is 169 Å². The number of aromatic nitrogens is 2. The Morgan fingerprint density at radius 3 is 2.93 bits per heavy atom. The number of fused-ring (bicyclic) bond motifs is 1. The van der Waals surface area contributed by atoms with Crippen LogP contribution in [0, 0.1) is 0 Å². The van der Waals surface area contributed by atoms with Crippen molar-refractivity contribution in [2.24, 2.45) is 5.73 Å². The van der Waals surface area contributed by atoms with Crippen LogP contribution in [0.4, 0.5) is 0 Å². The second-order valence-corrected chi connectivity index (χ2v) is 14.5. The summed E-state index contributed by atoms with van der Waals surface area (Å²) in [7, 11) is -2.17. The van der Waals surface area contributed by atoms with Crippen LogP contribution >= 0.6 is 34.9 Å². The lowest BCUT2D eigenvalue weighted by atomic mass is 9.97. The third kappa shape index (κ3) is 3.92. The van der Waals surface area contributed by atoms with Crippen molar-refractivity contribution in [3.05, 3.63) is 16.8 Å². The van der Waals surface area contributed by atoms with Crippen molar-refractivity contribution in [3.63, 3.8) is 0 Å². The molecule has 0 bridgehead atoms. The molecule has 0 spiro atoms. The van der Waals surface area contributed by atoms with Crippen LogP contribution in [0.15, 0.2) is 21.1 Å². The Balaban J connectivity index is 1.90. The zero-order valence-corrected chi connectivity index (χ0v) is 18.4. The molecular weight excluding hydrogens is 426 g/mol. The Kier molecular flexibility index (Phi) is 5.68. The Bertz CT molecular complexity index is 797. The monoisotopic (exact) mass is 445 g/mol. The van der Waals surface area contributed by atoms with E-state index in [-0.39, 0.29) is 5.70 Å². The van der Waals surface area contributed by atoms with Gasteiger partial charge < -0.3 is 9.74 Å². The quantitative estimate of drug-likeness (QED) is 0.204. The molecule has 0 saturated carbocycles. The van der Waals surface area contributed by atoms with Crippen molar-refractivity contribution in [2.45, 2.75) is 35.0 Å². The average molecular weight is 446 g/mol. The van der Waals surface area contributed by atoms with E-state index < -0.39 is 31.2 Å². The predicted molar refractivity (Wildman–Crippen MR) is 106 cm³/mol. The molecule has 0 unspecified atom stereocenters. The lowest BCUT2D eigenvalue weighted by Gasteiger charge is -2.55. The fourth-order valence-electron chi connectivity index (χ4n) is 2.68. The summed E-state index contributed by atoms with van der Waals surface area (Å²) in [6.07, 6.45) is 0.403. The number of nitrogens with zero attached hydrogens (tertiary/aromatic N) is 3. The summed E-state index contributed by atoms with van der Waals surface area (Å²) >= 11 is 4.26. The molecule has 2 amide bonds. The molecule has 13 heteroatoms. The summed E-state index contributed by atoms with van der Waals surface area (Å²) in [6.45, 7) is 5.69. The lowest BCUT2D eigenvalue weighted by molar-refractivity contribution is -0.157. The van der Waals surface area contributed by atoms with Crippen molar-refractivity contribution < 1.29 is 18.8 Å². The van der Waals surface area contributed by atoms with E-state index in [4.69, 9.17) is 10.2 Å². The number of hydrogen-bond donors (Lipinski definition) is 2. The first-order chi connectivity index (χ1) is 12.7. The molecule has 2 aliphatic heterocycles. The maximum absolute atomic E-state index is 12.9. The molecule has 0 aromatic carbocycles. The van der Waals surface area contributed by atoms with Gasteiger partial charge in [-0.1, -0.05) is 23.1 Å². The molecule has 27 heavy (non-hydrogen) atoms. The van der Waals surface area contributed by atoms with Crippen LogP contribution in [-0.2, 0) is 18.8 Å². The first-order valence-electron chi connectivity index (χ1n) is 7.97. The van der Waals surface area contributed by atoms with Crippen LogP contribution in [0.3, 0.4) is 0 Å². The Morgan fingerprint density at radius 1 is 1.59 bits per heavy atom. The second-order valence-electron chi connectivity index (χ2n) is 6.92. The van der Waals surface area contributed by atoms with Gasteiger partial charge in [0.15, 0.2) is 4.34 Å². The van der Waals surface area contributed by atoms with Crippen LogP contribution in [0.5, 0.6) is 0 Å². The first-order valence-corrected chi connectivity index (χ1v) is 14.3. The van der Waals surface area contributed by atoms with E-state index in [1.165, 1.54) is 39.8 Å². The van der Waals surface area contributed by atoms with Gasteiger partial charge in [0.1, 0.15) is 16.6 Å². The predicted octanol–water partition coefficient (Wildman–Crippen LogP) is 0.579. The zero-order valence-electron chi connectivity index (χ0n) is 14.9. The van der Waals surface area contributed by atoms with Crippen LogP contribution < -0.4 is 11.1 Å². The Morgan fingerprint density at radius 2 is 2.33 bits per heavy atom. The molecule has 2 atom stereocenters. The number of nitrogens with two attached hydrogens (primary N) is 1. The summed E-state index contributed by atoms with van der Waals surface area (Å²) in [5.74, 6) is -0.0646. The van der Waals surface area contributed by atoms with E-state index in [1.807, 2.05) is 19.6 Å². The fourth-order valence-corrected chi connectivity index (χ4v) is 6.34. The minimum Gasteiger partial charge on any atom is -0.515 e. The molecule has 0 aliphatic carbocycles. The normalized spacial score (nSPS) is 25.0. The highest BCUT2D eigenvalue weighted by molar-refractivity contribution is 8.01. The molecule has 3 rings (SSSR count). The molecule has 1 aromatic rings. The van der Waals surface area contributed by atoms with Gasteiger partial charge in [0.25, 0.3) is 5.91 Å². The van der Waals surface area contributed by atoms with Crippen molar-refractivity contribution in [2.75, 3.05) is 11.5 Å². The number of thioether (sulfide) groups is 2. The van der Waals surface area contributed by atoms with E-state index in [0.29, 0.717) is 17.9 Å². The summed E-state index contributed by atoms with van der Waals surface area (Å²) in [6, 6.07) is 0. The number of carbonyl (C=O) groups excluding carboxylic acids is 3. The van der Waals surface area contributed by atoms with Crippen molar-refractivity contribution >= 4 is 61.5 Å². The summed E-state index contributed by atoms with van der Waals surface area (Å²) in [4.78, 5) is 37.8. The number of β-lactam (4-membered cyclic amide) rings is 1. The van der Waals surface area contributed by atoms with Crippen LogP contribution in [0.25, 0.3) is 0 Å². The number of hydrogen-bond acceptors (Lipinski definition) is 10. The van der Waals surface area contributed by atoms with Crippen LogP contribution in [-0.4, -0.2) is 64.2 Å². The number of nitrogens with one attached hydrogen (secondary N) is 1. The smallest absolute Gasteiger partial charge is 0.341 e. The Hall–Kier alpha value is -1.41. The highest BCUT2D eigenvalue weighted by atomic mass is 32.2. The van der Waals surface area contributed by atoms with Gasteiger partial charge in [-0.15, -0.1) is 22.0 Å². The second kappa shape index (κ2) is 7.54. The first kappa shape index (κ1) is 20.3. The van der Waals surface area contributed by atoms with Gasteiger partial charge in [0, 0.05) is 11.5 Å². The van der Waals surface area contributed by atoms with Crippen LogP contribution in [0.1, 0.15) is 0 Å². The summed E-state index contributed by atoms with van der Waals surface area (Å²) in [5, 5.41) is 9.61. The average Bonchev–Trinajstić information content (AvgIpc) is 3.10. The van der Waals surface area contributed by atoms with Crippen molar-refractivity contribution in [1.29, 1.82) is 0 Å². The molecule has 1 fully saturated rings.